The Morgan fingerprint density at radius 3 is 2.41 bits per heavy atom. The Kier molecular flexibility index (Phi) is 6.02. The molecule has 6 aromatic rings. The summed E-state index contributed by atoms with van der Waals surface area (Å²) in [5.41, 5.74) is 8.24. The molecule has 6 nitrogen and oxygen atoms in total. The number of H-pyrrole nitrogens is 1. The maximum Gasteiger partial charge on any atom is 0.326 e. The molecule has 39 heavy (non-hydrogen) atoms. The molecular weight excluding hydrogens is 482 g/mol. The zero-order valence-electron chi connectivity index (χ0n) is 21.6. The number of rotatable bonds is 5. The van der Waals surface area contributed by atoms with E-state index in [4.69, 9.17) is 4.98 Å². The summed E-state index contributed by atoms with van der Waals surface area (Å²) in [6.45, 7) is 2.83. The minimum absolute atomic E-state index is 0.00221. The van der Waals surface area contributed by atoms with Crippen molar-refractivity contribution in [3.63, 3.8) is 0 Å². The van der Waals surface area contributed by atoms with E-state index in [1.807, 2.05) is 41.0 Å². The highest BCUT2D eigenvalue weighted by molar-refractivity contribution is 5.90. The SMILES string of the molecule is O=c1[nH]c2ccccc2n1C1CCN(Cc2ccc(-c3nc4ncccc4cc3-c3ccccc3)cc2)CC1. The van der Waals surface area contributed by atoms with E-state index in [1.54, 1.807) is 6.20 Å². The number of likely N-dealkylation sites (tertiary alicyclic amines) is 1. The van der Waals surface area contributed by atoms with Crippen LogP contribution >= 0.6 is 0 Å². The summed E-state index contributed by atoms with van der Waals surface area (Å²) in [7, 11) is 0. The topological polar surface area (TPSA) is 66.8 Å². The molecule has 1 aliphatic heterocycles. The quantitative estimate of drug-likeness (QED) is 0.289. The summed E-state index contributed by atoms with van der Waals surface area (Å²) in [6, 6.07) is 33.6. The Balaban J connectivity index is 1.10. The highest BCUT2D eigenvalue weighted by atomic mass is 16.1. The first-order valence-corrected chi connectivity index (χ1v) is 13.5. The van der Waals surface area contributed by atoms with Crippen LogP contribution in [0.4, 0.5) is 0 Å². The smallest absolute Gasteiger partial charge is 0.306 e. The van der Waals surface area contributed by atoms with Gasteiger partial charge in [-0.05, 0) is 54.3 Å². The third-order valence-corrected chi connectivity index (χ3v) is 7.85. The second-order valence-electron chi connectivity index (χ2n) is 10.3. The van der Waals surface area contributed by atoms with Gasteiger partial charge in [-0.2, -0.15) is 0 Å². The Labute approximate surface area is 226 Å². The van der Waals surface area contributed by atoms with Gasteiger partial charge in [0, 0.05) is 48.4 Å². The van der Waals surface area contributed by atoms with E-state index >= 15 is 0 Å². The number of pyridine rings is 2. The van der Waals surface area contributed by atoms with E-state index < -0.39 is 0 Å². The van der Waals surface area contributed by atoms with Gasteiger partial charge in [0.1, 0.15) is 0 Å². The molecule has 0 spiro atoms. The Bertz CT molecular complexity index is 1810. The lowest BCUT2D eigenvalue weighted by Gasteiger charge is -2.32. The zero-order valence-corrected chi connectivity index (χ0v) is 21.6. The van der Waals surface area contributed by atoms with Crippen LogP contribution in [0.25, 0.3) is 44.5 Å². The number of fused-ring (bicyclic) bond motifs is 2. The number of aromatic nitrogens is 4. The van der Waals surface area contributed by atoms with Gasteiger partial charge in [-0.25, -0.2) is 14.8 Å². The van der Waals surface area contributed by atoms with Gasteiger partial charge in [-0.15, -0.1) is 0 Å². The van der Waals surface area contributed by atoms with Gasteiger partial charge in [0.2, 0.25) is 0 Å². The van der Waals surface area contributed by atoms with Crippen molar-refractivity contribution in [1.82, 2.24) is 24.4 Å². The summed E-state index contributed by atoms with van der Waals surface area (Å²) >= 11 is 0. The molecule has 7 rings (SSSR count). The molecule has 0 atom stereocenters. The van der Waals surface area contributed by atoms with Crippen LogP contribution in [0.3, 0.4) is 0 Å². The van der Waals surface area contributed by atoms with Crippen LogP contribution in [0.2, 0.25) is 0 Å². The summed E-state index contributed by atoms with van der Waals surface area (Å²) in [6.07, 6.45) is 3.73. The average molecular weight is 512 g/mol. The van der Waals surface area contributed by atoms with Crippen molar-refractivity contribution < 1.29 is 0 Å². The van der Waals surface area contributed by atoms with Crippen molar-refractivity contribution in [1.29, 1.82) is 0 Å². The number of aromatic amines is 1. The second-order valence-corrected chi connectivity index (χ2v) is 10.3. The molecule has 0 aliphatic carbocycles. The molecule has 0 bridgehead atoms. The lowest BCUT2D eigenvalue weighted by molar-refractivity contribution is 0.180. The van der Waals surface area contributed by atoms with E-state index in [0.717, 1.165) is 76.9 Å². The molecule has 1 aliphatic rings. The Morgan fingerprint density at radius 2 is 1.59 bits per heavy atom. The van der Waals surface area contributed by atoms with E-state index in [9.17, 15) is 4.79 Å². The predicted octanol–water partition coefficient (Wildman–Crippen LogP) is 6.44. The standard InChI is InChI=1S/C33H29N5O/c39-33-35-29-10-4-5-11-30(29)38(33)27-16-19-37(20-17-27)22-23-12-14-25(15-13-23)31-28(24-7-2-1-3-8-24)21-26-9-6-18-34-32(26)36-31/h1-15,18,21,27H,16-17,19-20,22H2,(H,35,39). The van der Waals surface area contributed by atoms with E-state index in [1.165, 1.54) is 5.56 Å². The Morgan fingerprint density at radius 1 is 0.821 bits per heavy atom. The van der Waals surface area contributed by atoms with E-state index in [0.29, 0.717) is 0 Å². The predicted molar refractivity (Wildman–Crippen MR) is 157 cm³/mol. The number of nitrogens with one attached hydrogen (secondary N) is 1. The van der Waals surface area contributed by atoms with Crippen molar-refractivity contribution in [2.45, 2.75) is 25.4 Å². The summed E-state index contributed by atoms with van der Waals surface area (Å²) in [5.74, 6) is 0. The molecule has 0 unspecified atom stereocenters. The Hall–Kier alpha value is -4.55. The number of hydrogen-bond donors (Lipinski definition) is 1. The fourth-order valence-corrected chi connectivity index (χ4v) is 5.86. The molecule has 1 fully saturated rings. The molecule has 3 aromatic carbocycles. The molecule has 192 valence electrons. The summed E-state index contributed by atoms with van der Waals surface area (Å²) in [5, 5.41) is 1.04. The molecule has 0 saturated carbocycles. The third-order valence-electron chi connectivity index (χ3n) is 7.85. The lowest BCUT2D eigenvalue weighted by Crippen LogP contribution is -2.36. The molecule has 0 amide bonds. The largest absolute Gasteiger partial charge is 0.326 e. The van der Waals surface area contributed by atoms with Gasteiger partial charge in [-0.3, -0.25) is 9.47 Å². The highest BCUT2D eigenvalue weighted by Crippen LogP contribution is 2.33. The van der Waals surface area contributed by atoms with Crippen molar-refractivity contribution >= 4 is 22.1 Å². The number of nitrogens with zero attached hydrogens (tertiary/aromatic N) is 4. The molecular formula is C33H29N5O. The normalized spacial score (nSPS) is 14.8. The first-order chi connectivity index (χ1) is 19.2. The molecule has 4 heterocycles. The van der Waals surface area contributed by atoms with E-state index in [2.05, 4.69) is 75.5 Å². The van der Waals surface area contributed by atoms with Crippen LogP contribution in [0, 0.1) is 0 Å². The fourth-order valence-electron chi connectivity index (χ4n) is 5.86. The van der Waals surface area contributed by atoms with E-state index in [-0.39, 0.29) is 11.7 Å². The number of hydrogen-bond acceptors (Lipinski definition) is 4. The maximum atomic E-state index is 12.6. The molecule has 6 heteroatoms. The van der Waals surface area contributed by atoms with Gasteiger partial charge in [0.15, 0.2) is 5.65 Å². The summed E-state index contributed by atoms with van der Waals surface area (Å²) < 4.78 is 1.96. The number of piperidine rings is 1. The monoisotopic (exact) mass is 511 g/mol. The number of benzene rings is 3. The lowest BCUT2D eigenvalue weighted by atomic mass is 9.97. The zero-order chi connectivity index (χ0) is 26.2. The summed E-state index contributed by atoms with van der Waals surface area (Å²) in [4.78, 5) is 27.6. The van der Waals surface area contributed by atoms with Crippen molar-refractivity contribution in [2.75, 3.05) is 13.1 Å². The van der Waals surface area contributed by atoms with Gasteiger partial charge >= 0.3 is 5.69 Å². The molecule has 3 aromatic heterocycles. The van der Waals surface area contributed by atoms with Crippen molar-refractivity contribution in [3.8, 4) is 22.4 Å². The van der Waals surface area contributed by atoms with Gasteiger partial charge in [0.05, 0.1) is 16.7 Å². The van der Waals surface area contributed by atoms with Crippen LogP contribution < -0.4 is 5.69 Å². The maximum absolute atomic E-state index is 12.6. The fraction of sp³-hybridized carbons (Fsp3) is 0.182. The number of imidazole rings is 1. The van der Waals surface area contributed by atoms with Crippen LogP contribution in [-0.2, 0) is 6.54 Å². The van der Waals surface area contributed by atoms with Crippen LogP contribution in [0.15, 0.2) is 108 Å². The minimum atomic E-state index is -0.00221. The van der Waals surface area contributed by atoms with Crippen LogP contribution in [0.1, 0.15) is 24.4 Å². The minimum Gasteiger partial charge on any atom is -0.306 e. The first kappa shape index (κ1) is 23.6. The molecule has 1 saturated heterocycles. The number of para-hydroxylation sites is 2. The van der Waals surface area contributed by atoms with Crippen LogP contribution in [0.5, 0.6) is 0 Å². The highest BCUT2D eigenvalue weighted by Gasteiger charge is 2.23. The molecule has 1 N–H and O–H groups in total. The average Bonchev–Trinajstić information content (AvgIpc) is 3.33. The third kappa shape index (κ3) is 4.53. The van der Waals surface area contributed by atoms with Gasteiger partial charge in [0.25, 0.3) is 0 Å². The van der Waals surface area contributed by atoms with Crippen molar-refractivity contribution in [2.24, 2.45) is 0 Å². The van der Waals surface area contributed by atoms with Crippen molar-refractivity contribution in [3.05, 3.63) is 119 Å². The second kappa shape index (κ2) is 9.97. The molecule has 0 radical (unpaired) electrons. The van der Waals surface area contributed by atoms with Gasteiger partial charge < -0.3 is 4.98 Å². The van der Waals surface area contributed by atoms with Gasteiger partial charge in [-0.1, -0.05) is 66.7 Å². The first-order valence-electron chi connectivity index (χ1n) is 13.5. The van der Waals surface area contributed by atoms with Crippen LogP contribution in [-0.4, -0.2) is 37.5 Å².